The lowest BCUT2D eigenvalue weighted by molar-refractivity contribution is 0.970. The van der Waals surface area contributed by atoms with Crippen molar-refractivity contribution in [3.05, 3.63) is 63.0 Å². The summed E-state index contributed by atoms with van der Waals surface area (Å²) in [5.74, 6) is 0. The van der Waals surface area contributed by atoms with Gasteiger partial charge in [0.25, 0.3) is 5.56 Å². The Morgan fingerprint density at radius 1 is 1.19 bits per heavy atom. The smallest absolute Gasteiger partial charge is 0.258 e. The Kier molecular flexibility index (Phi) is 2.84. The molecule has 0 saturated heterocycles. The van der Waals surface area contributed by atoms with E-state index in [1.807, 2.05) is 31.2 Å². The third-order valence-corrected chi connectivity index (χ3v) is 2.80. The van der Waals surface area contributed by atoms with Gasteiger partial charge in [0.05, 0.1) is 10.7 Å². The molecule has 0 amide bonds. The molecular weight excluding hydrogens is 222 g/mol. The van der Waals surface area contributed by atoms with E-state index in [1.54, 1.807) is 23.8 Å². The van der Waals surface area contributed by atoms with E-state index in [1.165, 1.54) is 0 Å². The van der Waals surface area contributed by atoms with Crippen LogP contribution in [0.15, 0.2) is 41.3 Å². The molecule has 0 bridgehead atoms. The lowest BCUT2D eigenvalue weighted by Crippen LogP contribution is -2.19. The van der Waals surface area contributed by atoms with Crippen molar-refractivity contribution < 1.29 is 0 Å². The van der Waals surface area contributed by atoms with Gasteiger partial charge in [0.1, 0.15) is 0 Å². The molecule has 0 aliphatic rings. The van der Waals surface area contributed by atoms with Crippen LogP contribution in [0.3, 0.4) is 0 Å². The minimum Gasteiger partial charge on any atom is -0.283 e. The van der Waals surface area contributed by atoms with Crippen LogP contribution in [0.25, 0.3) is 5.69 Å². The zero-order valence-corrected chi connectivity index (χ0v) is 9.95. The zero-order chi connectivity index (χ0) is 11.7. The lowest BCUT2D eigenvalue weighted by atomic mass is 10.2. The van der Waals surface area contributed by atoms with E-state index >= 15 is 0 Å². The van der Waals surface area contributed by atoms with Crippen molar-refractivity contribution in [3.63, 3.8) is 0 Å². The normalized spacial score (nSPS) is 10.4. The Morgan fingerprint density at radius 2 is 1.94 bits per heavy atom. The highest BCUT2D eigenvalue weighted by Gasteiger charge is 2.05. The summed E-state index contributed by atoms with van der Waals surface area (Å²) in [5.41, 5.74) is 2.47. The maximum atomic E-state index is 11.9. The molecule has 16 heavy (non-hydrogen) atoms. The largest absolute Gasteiger partial charge is 0.283 e. The summed E-state index contributed by atoms with van der Waals surface area (Å²) in [7, 11) is 0. The van der Waals surface area contributed by atoms with Gasteiger partial charge < -0.3 is 0 Å². The molecule has 0 saturated carbocycles. The second-order valence-electron chi connectivity index (χ2n) is 3.82. The molecule has 0 radical (unpaired) electrons. The van der Waals surface area contributed by atoms with E-state index in [-0.39, 0.29) is 5.56 Å². The predicted octanol–water partition coefficient (Wildman–Crippen LogP) is 3.11. The van der Waals surface area contributed by atoms with E-state index in [9.17, 15) is 4.79 Å². The minimum absolute atomic E-state index is 0.0340. The number of halogens is 1. The first-order valence-electron chi connectivity index (χ1n) is 5.04. The molecule has 2 aromatic rings. The van der Waals surface area contributed by atoms with Gasteiger partial charge >= 0.3 is 0 Å². The molecule has 0 spiro atoms. The fraction of sp³-hybridized carbons (Fsp3) is 0.154. The maximum absolute atomic E-state index is 11.9. The number of rotatable bonds is 1. The van der Waals surface area contributed by atoms with Gasteiger partial charge in [-0.1, -0.05) is 23.7 Å². The molecule has 0 unspecified atom stereocenters. The minimum atomic E-state index is -0.0340. The SMILES string of the molecule is Cc1ccc(-n2cccc(C)c2=O)c(Cl)c1. The number of benzene rings is 1. The van der Waals surface area contributed by atoms with Crippen LogP contribution in [0, 0.1) is 13.8 Å². The molecule has 82 valence electrons. The molecule has 1 heterocycles. The number of pyridine rings is 1. The molecule has 0 fully saturated rings. The van der Waals surface area contributed by atoms with E-state index in [4.69, 9.17) is 11.6 Å². The molecule has 0 aliphatic heterocycles. The monoisotopic (exact) mass is 233 g/mol. The van der Waals surface area contributed by atoms with Crippen molar-refractivity contribution in [1.29, 1.82) is 0 Å². The second-order valence-corrected chi connectivity index (χ2v) is 4.23. The molecule has 1 aromatic heterocycles. The third-order valence-electron chi connectivity index (χ3n) is 2.50. The highest BCUT2D eigenvalue weighted by Crippen LogP contribution is 2.20. The fourth-order valence-corrected chi connectivity index (χ4v) is 1.93. The Labute approximate surface area is 99.1 Å². The van der Waals surface area contributed by atoms with Crippen LogP contribution in [0.1, 0.15) is 11.1 Å². The van der Waals surface area contributed by atoms with Crippen LogP contribution < -0.4 is 5.56 Å². The van der Waals surface area contributed by atoms with Crippen molar-refractivity contribution >= 4 is 11.6 Å². The van der Waals surface area contributed by atoms with Gasteiger partial charge in [-0.2, -0.15) is 0 Å². The number of aromatic nitrogens is 1. The second kappa shape index (κ2) is 4.14. The molecule has 0 atom stereocenters. The topological polar surface area (TPSA) is 22.0 Å². The van der Waals surface area contributed by atoms with E-state index in [0.29, 0.717) is 10.6 Å². The highest BCUT2D eigenvalue weighted by atomic mass is 35.5. The average molecular weight is 234 g/mol. The summed E-state index contributed by atoms with van der Waals surface area (Å²) in [5, 5.41) is 0.590. The molecule has 0 aliphatic carbocycles. The summed E-state index contributed by atoms with van der Waals surface area (Å²) < 4.78 is 1.57. The molecule has 3 heteroatoms. The first kappa shape index (κ1) is 11.0. The standard InChI is InChI=1S/C13H12ClNO/c1-9-5-6-12(11(14)8-9)15-7-3-4-10(2)13(15)16/h3-8H,1-2H3. The van der Waals surface area contributed by atoms with Crippen LogP contribution in [0.5, 0.6) is 0 Å². The predicted molar refractivity (Wildman–Crippen MR) is 66.5 cm³/mol. The maximum Gasteiger partial charge on any atom is 0.258 e. The summed E-state index contributed by atoms with van der Waals surface area (Å²) in [4.78, 5) is 11.9. The van der Waals surface area contributed by atoms with Crippen LogP contribution in [-0.4, -0.2) is 4.57 Å². The number of nitrogens with zero attached hydrogens (tertiary/aromatic N) is 1. The Morgan fingerprint density at radius 3 is 2.62 bits per heavy atom. The third kappa shape index (κ3) is 1.89. The van der Waals surface area contributed by atoms with Gasteiger partial charge in [0.2, 0.25) is 0 Å². The summed E-state index contributed by atoms with van der Waals surface area (Å²) >= 11 is 6.13. The number of hydrogen-bond acceptors (Lipinski definition) is 1. The van der Waals surface area contributed by atoms with Crippen molar-refractivity contribution in [2.45, 2.75) is 13.8 Å². The Balaban J connectivity index is 2.68. The van der Waals surface area contributed by atoms with Crippen LogP contribution >= 0.6 is 11.6 Å². The van der Waals surface area contributed by atoms with Gasteiger partial charge in [-0.3, -0.25) is 9.36 Å². The Bertz CT molecular complexity index is 587. The first-order valence-corrected chi connectivity index (χ1v) is 5.42. The van der Waals surface area contributed by atoms with Gasteiger partial charge in [-0.15, -0.1) is 0 Å². The molecular formula is C13H12ClNO. The number of hydrogen-bond donors (Lipinski definition) is 0. The molecule has 1 aromatic carbocycles. The summed E-state index contributed by atoms with van der Waals surface area (Å²) in [6.07, 6.45) is 1.73. The zero-order valence-electron chi connectivity index (χ0n) is 9.20. The lowest BCUT2D eigenvalue weighted by Gasteiger charge is -2.08. The van der Waals surface area contributed by atoms with Crippen molar-refractivity contribution in [1.82, 2.24) is 4.57 Å². The summed E-state index contributed by atoms with van der Waals surface area (Å²) in [6.45, 7) is 3.76. The average Bonchev–Trinajstić information content (AvgIpc) is 2.23. The van der Waals surface area contributed by atoms with Crippen LogP contribution in [-0.2, 0) is 0 Å². The number of aryl methyl sites for hydroxylation is 2. The Hall–Kier alpha value is -1.54. The van der Waals surface area contributed by atoms with Crippen LogP contribution in [0.2, 0.25) is 5.02 Å². The molecule has 2 rings (SSSR count). The molecule has 2 nitrogen and oxygen atoms in total. The molecule has 0 N–H and O–H groups in total. The fourth-order valence-electron chi connectivity index (χ4n) is 1.60. The van der Waals surface area contributed by atoms with E-state index in [0.717, 1.165) is 11.3 Å². The first-order chi connectivity index (χ1) is 7.59. The summed E-state index contributed by atoms with van der Waals surface area (Å²) in [6, 6.07) is 9.29. The van der Waals surface area contributed by atoms with E-state index in [2.05, 4.69) is 0 Å². The van der Waals surface area contributed by atoms with Crippen molar-refractivity contribution in [3.8, 4) is 5.69 Å². The highest BCUT2D eigenvalue weighted by molar-refractivity contribution is 6.32. The van der Waals surface area contributed by atoms with Gasteiger partial charge in [0, 0.05) is 11.8 Å². The van der Waals surface area contributed by atoms with Crippen molar-refractivity contribution in [2.75, 3.05) is 0 Å². The van der Waals surface area contributed by atoms with Gasteiger partial charge in [-0.25, -0.2) is 0 Å². The quantitative estimate of drug-likeness (QED) is 0.742. The van der Waals surface area contributed by atoms with Gasteiger partial charge in [0.15, 0.2) is 0 Å². The van der Waals surface area contributed by atoms with Crippen molar-refractivity contribution in [2.24, 2.45) is 0 Å². The van der Waals surface area contributed by atoms with Crippen LogP contribution in [0.4, 0.5) is 0 Å². The van der Waals surface area contributed by atoms with Gasteiger partial charge in [-0.05, 0) is 37.6 Å². The van der Waals surface area contributed by atoms with E-state index < -0.39 is 0 Å².